The van der Waals surface area contributed by atoms with Gasteiger partial charge in [-0.15, -0.1) is 5.10 Å². The van der Waals surface area contributed by atoms with Crippen LogP contribution in [0.3, 0.4) is 0 Å². The number of hydrogen-bond donors (Lipinski definition) is 1. The Balaban J connectivity index is 1.62. The molecule has 0 radical (unpaired) electrons. The second kappa shape index (κ2) is 10.9. The molecule has 0 unspecified atom stereocenters. The van der Waals surface area contributed by atoms with Crippen molar-refractivity contribution in [2.45, 2.75) is 65.3 Å². The maximum absolute atomic E-state index is 13.2. The Kier molecular flexibility index (Phi) is 8.06. The van der Waals surface area contributed by atoms with E-state index in [1.807, 2.05) is 36.4 Å². The zero-order valence-corrected chi connectivity index (χ0v) is 26.3. The van der Waals surface area contributed by atoms with Crippen molar-refractivity contribution in [3.8, 4) is 5.75 Å². The molecule has 0 spiro atoms. The lowest BCUT2D eigenvalue weighted by atomic mass is 10.1. The largest absolute Gasteiger partial charge is 0.543 e. The number of aromatic nitrogens is 2. The summed E-state index contributed by atoms with van der Waals surface area (Å²) >= 11 is 0. The molecular formula is C30H43N5O4Si. The van der Waals surface area contributed by atoms with Crippen LogP contribution in [-0.2, 0) is 4.74 Å². The van der Waals surface area contributed by atoms with E-state index >= 15 is 0 Å². The van der Waals surface area contributed by atoms with Gasteiger partial charge in [-0.3, -0.25) is 4.79 Å². The molecule has 2 heterocycles. The first-order chi connectivity index (χ1) is 18.5. The Morgan fingerprint density at radius 2 is 1.55 bits per heavy atom. The summed E-state index contributed by atoms with van der Waals surface area (Å²) in [5, 5.41) is 8.01. The van der Waals surface area contributed by atoms with Crippen molar-refractivity contribution in [1.82, 2.24) is 14.7 Å². The highest BCUT2D eigenvalue weighted by Crippen LogP contribution is 2.38. The molecule has 0 atom stereocenters. The molecular weight excluding hydrogens is 522 g/mol. The summed E-state index contributed by atoms with van der Waals surface area (Å²) in [5.74, 6) is 0.635. The maximum atomic E-state index is 13.2. The molecule has 10 heteroatoms. The standard InChI is InChI=1S/C30H43N5O4Si/c1-29(2,3)38-28(37)35-25-20-23(39-40(8,9)30(4,5)6)14-15-24(25)26(32-35)31-27(36)21-10-12-22(13-11-21)34-18-16-33(7)17-19-34/h10-15,20H,16-19H2,1-9H3,(H,31,32,36). The van der Waals surface area contributed by atoms with Gasteiger partial charge in [-0.05, 0) is 82.3 Å². The summed E-state index contributed by atoms with van der Waals surface area (Å²) in [7, 11) is 0.00420. The van der Waals surface area contributed by atoms with Crippen molar-refractivity contribution in [2.24, 2.45) is 0 Å². The second-order valence-corrected chi connectivity index (χ2v) is 17.8. The van der Waals surface area contributed by atoms with Crippen molar-refractivity contribution in [3.63, 3.8) is 0 Å². The van der Waals surface area contributed by atoms with E-state index in [2.05, 4.69) is 61.1 Å². The Morgan fingerprint density at radius 1 is 0.925 bits per heavy atom. The van der Waals surface area contributed by atoms with E-state index in [0.717, 1.165) is 31.9 Å². The number of nitrogens with zero attached hydrogens (tertiary/aromatic N) is 4. The third-order valence-corrected chi connectivity index (χ3v) is 12.0. The molecule has 1 aromatic heterocycles. The minimum Gasteiger partial charge on any atom is -0.543 e. The Hall–Kier alpha value is -3.37. The highest BCUT2D eigenvalue weighted by Gasteiger charge is 2.39. The van der Waals surface area contributed by atoms with Crippen LogP contribution in [0.4, 0.5) is 16.3 Å². The number of carbonyl (C=O) groups excluding carboxylic acids is 2. The van der Waals surface area contributed by atoms with E-state index in [1.165, 1.54) is 4.68 Å². The third-order valence-electron chi connectivity index (χ3n) is 7.63. The third kappa shape index (κ3) is 6.67. The van der Waals surface area contributed by atoms with Crippen molar-refractivity contribution in [3.05, 3.63) is 48.0 Å². The van der Waals surface area contributed by atoms with Crippen molar-refractivity contribution >= 4 is 42.7 Å². The molecule has 0 bridgehead atoms. The van der Waals surface area contributed by atoms with Crippen LogP contribution in [0.1, 0.15) is 51.9 Å². The molecule has 40 heavy (non-hydrogen) atoms. The van der Waals surface area contributed by atoms with Gasteiger partial charge < -0.3 is 24.3 Å². The summed E-state index contributed by atoms with van der Waals surface area (Å²) in [6, 6.07) is 13.1. The summed E-state index contributed by atoms with van der Waals surface area (Å²) in [5.41, 5.74) is 1.40. The molecule has 1 N–H and O–H groups in total. The van der Waals surface area contributed by atoms with Crippen LogP contribution in [0.2, 0.25) is 18.1 Å². The normalized spacial score (nSPS) is 15.3. The topological polar surface area (TPSA) is 88.9 Å². The molecule has 2 aromatic carbocycles. The van der Waals surface area contributed by atoms with Crippen LogP contribution in [0.15, 0.2) is 42.5 Å². The lowest BCUT2D eigenvalue weighted by Gasteiger charge is -2.36. The number of likely N-dealkylation sites (N-methyl/N-ethyl adjacent to an activating group) is 1. The van der Waals surface area contributed by atoms with Gasteiger partial charge in [0.1, 0.15) is 11.4 Å². The van der Waals surface area contributed by atoms with E-state index in [-0.39, 0.29) is 16.8 Å². The van der Waals surface area contributed by atoms with Gasteiger partial charge >= 0.3 is 6.09 Å². The number of benzene rings is 2. The molecule has 216 valence electrons. The van der Waals surface area contributed by atoms with E-state index in [0.29, 0.717) is 22.2 Å². The zero-order chi connectivity index (χ0) is 29.5. The minimum atomic E-state index is -2.12. The Morgan fingerprint density at radius 3 is 2.12 bits per heavy atom. The van der Waals surface area contributed by atoms with Crippen molar-refractivity contribution < 1.29 is 18.8 Å². The number of fused-ring (bicyclic) bond motifs is 1. The summed E-state index contributed by atoms with van der Waals surface area (Å²) < 4.78 is 13.3. The van der Waals surface area contributed by atoms with Crippen molar-refractivity contribution in [1.29, 1.82) is 0 Å². The van der Waals surface area contributed by atoms with Crippen LogP contribution >= 0.6 is 0 Å². The highest BCUT2D eigenvalue weighted by molar-refractivity contribution is 6.74. The number of nitrogens with one attached hydrogen (secondary N) is 1. The molecule has 9 nitrogen and oxygen atoms in total. The minimum absolute atomic E-state index is 0.00635. The first-order valence-electron chi connectivity index (χ1n) is 13.8. The van der Waals surface area contributed by atoms with Gasteiger partial charge in [-0.2, -0.15) is 4.68 Å². The molecule has 1 saturated heterocycles. The zero-order valence-electron chi connectivity index (χ0n) is 25.3. The number of ether oxygens (including phenoxy) is 1. The fraction of sp³-hybridized carbons (Fsp3) is 0.500. The van der Waals surface area contributed by atoms with E-state index in [9.17, 15) is 9.59 Å². The number of hydrogen-bond acceptors (Lipinski definition) is 7. The van der Waals surface area contributed by atoms with Crippen LogP contribution < -0.4 is 14.6 Å². The fourth-order valence-corrected chi connectivity index (χ4v) is 5.23. The van der Waals surface area contributed by atoms with Crippen LogP contribution in [0.25, 0.3) is 10.9 Å². The molecule has 1 fully saturated rings. The van der Waals surface area contributed by atoms with E-state index < -0.39 is 20.0 Å². The second-order valence-electron chi connectivity index (χ2n) is 13.1. The Bertz CT molecular complexity index is 1380. The van der Waals surface area contributed by atoms with Gasteiger partial charge in [0.15, 0.2) is 5.82 Å². The SMILES string of the molecule is CN1CCN(c2ccc(C(=O)Nc3nn(C(=O)OC(C)(C)C)c4cc(O[Si](C)(C)C(C)(C)C)ccc34)cc2)CC1. The lowest BCUT2D eigenvalue weighted by molar-refractivity contribution is 0.0522. The van der Waals surface area contributed by atoms with Crippen LogP contribution in [-0.4, -0.2) is 73.8 Å². The van der Waals surface area contributed by atoms with Gasteiger partial charge in [0.25, 0.3) is 5.91 Å². The fourth-order valence-electron chi connectivity index (χ4n) is 4.21. The number of piperazine rings is 1. The van der Waals surface area contributed by atoms with Gasteiger partial charge in [-0.1, -0.05) is 20.8 Å². The first kappa shape index (κ1) is 29.6. The van der Waals surface area contributed by atoms with Crippen LogP contribution in [0.5, 0.6) is 5.75 Å². The maximum Gasteiger partial charge on any atom is 0.435 e. The molecule has 0 saturated carbocycles. The average molecular weight is 566 g/mol. The average Bonchev–Trinajstić information content (AvgIpc) is 3.20. The summed E-state index contributed by atoms with van der Waals surface area (Å²) in [6.07, 6.45) is -0.626. The van der Waals surface area contributed by atoms with Crippen molar-refractivity contribution in [2.75, 3.05) is 43.4 Å². The predicted molar refractivity (Wildman–Crippen MR) is 163 cm³/mol. The molecule has 1 amide bonds. The van der Waals surface area contributed by atoms with Gasteiger partial charge in [0.05, 0.1) is 5.52 Å². The van der Waals surface area contributed by atoms with Gasteiger partial charge in [0.2, 0.25) is 8.32 Å². The molecule has 3 aromatic rings. The first-order valence-corrected chi connectivity index (χ1v) is 16.7. The number of amides is 1. The highest BCUT2D eigenvalue weighted by atomic mass is 28.4. The monoisotopic (exact) mass is 565 g/mol. The number of anilines is 2. The smallest absolute Gasteiger partial charge is 0.435 e. The molecule has 4 rings (SSSR count). The number of carbonyl (C=O) groups is 2. The molecule has 0 aliphatic carbocycles. The lowest BCUT2D eigenvalue weighted by Crippen LogP contribution is -2.44. The molecule has 1 aliphatic rings. The predicted octanol–water partition coefficient (Wildman–Crippen LogP) is 6.21. The van der Waals surface area contributed by atoms with E-state index in [4.69, 9.17) is 9.16 Å². The number of rotatable bonds is 5. The van der Waals surface area contributed by atoms with Gasteiger partial charge in [-0.25, -0.2) is 4.79 Å². The summed E-state index contributed by atoms with van der Waals surface area (Å²) in [4.78, 5) is 31.0. The van der Waals surface area contributed by atoms with Gasteiger partial charge in [0, 0.05) is 48.9 Å². The van der Waals surface area contributed by atoms with E-state index in [1.54, 1.807) is 26.8 Å². The van der Waals surface area contributed by atoms with Crippen LogP contribution in [0, 0.1) is 0 Å². The summed E-state index contributed by atoms with van der Waals surface area (Å²) in [6.45, 7) is 20.2. The quantitative estimate of drug-likeness (QED) is 0.368. The molecule has 1 aliphatic heterocycles. The Labute approximate surface area is 238 Å².